The third-order valence-corrected chi connectivity index (χ3v) is 5.76. The Labute approximate surface area is 209 Å². The highest BCUT2D eigenvalue weighted by atomic mass is 16.5. The molecule has 4 aromatic rings. The lowest BCUT2D eigenvalue weighted by atomic mass is 10.1. The zero-order valence-corrected chi connectivity index (χ0v) is 20.2. The molecule has 0 atom stereocenters. The van der Waals surface area contributed by atoms with E-state index in [4.69, 9.17) is 4.74 Å². The molecule has 0 aliphatic carbocycles. The Balaban J connectivity index is 1.38. The highest BCUT2D eigenvalue weighted by Crippen LogP contribution is 2.17. The summed E-state index contributed by atoms with van der Waals surface area (Å²) in [5.74, 6) is 0.156. The first-order valence-electron chi connectivity index (χ1n) is 11.7. The summed E-state index contributed by atoms with van der Waals surface area (Å²) in [5.41, 5.74) is 2.04. The molecule has 184 valence electrons. The molecule has 1 aromatic heterocycles. The Hall–Kier alpha value is -4.59. The van der Waals surface area contributed by atoms with E-state index in [1.807, 2.05) is 60.7 Å². The summed E-state index contributed by atoms with van der Waals surface area (Å²) in [6, 6.07) is 25.3. The molecule has 36 heavy (non-hydrogen) atoms. The van der Waals surface area contributed by atoms with Gasteiger partial charge in [-0.25, -0.2) is 4.68 Å². The van der Waals surface area contributed by atoms with E-state index in [-0.39, 0.29) is 23.6 Å². The number of amides is 2. The van der Waals surface area contributed by atoms with E-state index in [9.17, 15) is 14.4 Å². The van der Waals surface area contributed by atoms with Crippen LogP contribution in [0.1, 0.15) is 28.9 Å². The lowest BCUT2D eigenvalue weighted by molar-refractivity contribution is -0.116. The second-order valence-electron chi connectivity index (χ2n) is 8.28. The monoisotopic (exact) mass is 484 g/mol. The van der Waals surface area contributed by atoms with Crippen LogP contribution in [-0.2, 0) is 11.8 Å². The third-order valence-electron chi connectivity index (χ3n) is 5.76. The minimum atomic E-state index is -0.437. The number of benzene rings is 3. The first kappa shape index (κ1) is 24.5. The number of rotatable bonds is 9. The molecule has 0 saturated heterocycles. The van der Waals surface area contributed by atoms with Gasteiger partial charge in [-0.1, -0.05) is 42.5 Å². The van der Waals surface area contributed by atoms with Crippen LogP contribution in [0.2, 0.25) is 0 Å². The van der Waals surface area contributed by atoms with Crippen LogP contribution in [0.15, 0.2) is 89.7 Å². The predicted molar refractivity (Wildman–Crippen MR) is 140 cm³/mol. The van der Waals surface area contributed by atoms with Crippen molar-refractivity contribution < 1.29 is 14.3 Å². The lowest BCUT2D eigenvalue weighted by Crippen LogP contribution is -2.23. The van der Waals surface area contributed by atoms with Gasteiger partial charge in [-0.15, -0.1) is 0 Å². The average Bonchev–Trinajstić information content (AvgIpc) is 3.10. The average molecular weight is 485 g/mol. The van der Waals surface area contributed by atoms with Crippen LogP contribution in [0, 0.1) is 6.92 Å². The van der Waals surface area contributed by atoms with E-state index < -0.39 is 5.91 Å². The summed E-state index contributed by atoms with van der Waals surface area (Å²) in [6.45, 7) is 2.20. The molecular weight excluding hydrogens is 456 g/mol. The number of ether oxygens (including phenoxy) is 1. The van der Waals surface area contributed by atoms with E-state index in [0.29, 0.717) is 35.7 Å². The van der Waals surface area contributed by atoms with Gasteiger partial charge in [-0.2, -0.15) is 0 Å². The fraction of sp³-hybridized carbons (Fsp3) is 0.179. The number of hydrogen-bond donors (Lipinski definition) is 2. The van der Waals surface area contributed by atoms with Gasteiger partial charge in [-0.3, -0.25) is 19.1 Å². The number of nitrogens with one attached hydrogen (secondary N) is 2. The topological polar surface area (TPSA) is 94.4 Å². The Morgan fingerprint density at radius 3 is 2.31 bits per heavy atom. The van der Waals surface area contributed by atoms with Crippen molar-refractivity contribution in [3.05, 3.63) is 107 Å². The Morgan fingerprint density at radius 2 is 1.58 bits per heavy atom. The molecule has 0 bridgehead atoms. The van der Waals surface area contributed by atoms with Gasteiger partial charge in [0.15, 0.2) is 0 Å². The minimum absolute atomic E-state index is 0.172. The minimum Gasteiger partial charge on any atom is -0.494 e. The van der Waals surface area contributed by atoms with Crippen molar-refractivity contribution in [2.45, 2.75) is 19.8 Å². The molecule has 1 heterocycles. The van der Waals surface area contributed by atoms with Crippen LogP contribution in [-0.4, -0.2) is 27.8 Å². The summed E-state index contributed by atoms with van der Waals surface area (Å²) in [7, 11) is 1.76. The quantitative estimate of drug-likeness (QED) is 0.341. The lowest BCUT2D eigenvalue weighted by Gasteiger charge is -2.09. The number of anilines is 2. The summed E-state index contributed by atoms with van der Waals surface area (Å²) >= 11 is 0. The summed E-state index contributed by atoms with van der Waals surface area (Å²) in [4.78, 5) is 38.4. The maximum atomic E-state index is 13.1. The molecule has 4 rings (SSSR count). The number of aromatic nitrogens is 2. The first-order chi connectivity index (χ1) is 17.4. The predicted octanol–water partition coefficient (Wildman–Crippen LogP) is 4.53. The largest absolute Gasteiger partial charge is 0.494 e. The highest BCUT2D eigenvalue weighted by Gasteiger charge is 2.19. The summed E-state index contributed by atoms with van der Waals surface area (Å²) in [6.07, 6.45) is 0.841. The number of para-hydroxylation sites is 2. The fourth-order valence-corrected chi connectivity index (χ4v) is 3.80. The van der Waals surface area contributed by atoms with Crippen molar-refractivity contribution in [2.75, 3.05) is 17.2 Å². The van der Waals surface area contributed by atoms with Crippen LogP contribution < -0.4 is 20.9 Å². The van der Waals surface area contributed by atoms with Crippen LogP contribution >= 0.6 is 0 Å². The molecule has 8 nitrogen and oxygen atoms in total. The maximum Gasteiger partial charge on any atom is 0.295 e. The van der Waals surface area contributed by atoms with Crippen molar-refractivity contribution >= 4 is 23.2 Å². The van der Waals surface area contributed by atoms with Gasteiger partial charge < -0.3 is 15.4 Å². The molecule has 8 heteroatoms. The number of hydrogen-bond acceptors (Lipinski definition) is 4. The molecule has 0 unspecified atom stereocenters. The number of carbonyl (C=O) groups is 2. The SMILES string of the molecule is Cc1c(NC(=O)c2cccc(NC(=O)CCCOc3ccccc3)c2)c(=O)n(-c2ccccc2)n1C. The zero-order chi connectivity index (χ0) is 25.5. The molecular formula is C28H28N4O4. The van der Waals surface area contributed by atoms with Crippen molar-refractivity contribution in [1.29, 1.82) is 0 Å². The van der Waals surface area contributed by atoms with Gasteiger partial charge in [0.25, 0.3) is 11.5 Å². The van der Waals surface area contributed by atoms with Crippen LogP contribution in [0.25, 0.3) is 5.69 Å². The van der Waals surface area contributed by atoms with Crippen LogP contribution in [0.5, 0.6) is 5.75 Å². The smallest absolute Gasteiger partial charge is 0.295 e. The second kappa shape index (κ2) is 11.2. The third kappa shape index (κ3) is 5.72. The van der Waals surface area contributed by atoms with Gasteiger partial charge in [0, 0.05) is 24.7 Å². The highest BCUT2D eigenvalue weighted by molar-refractivity contribution is 6.05. The zero-order valence-electron chi connectivity index (χ0n) is 20.2. The molecule has 3 aromatic carbocycles. The van der Waals surface area contributed by atoms with E-state index in [1.54, 1.807) is 42.9 Å². The van der Waals surface area contributed by atoms with Gasteiger partial charge in [0.05, 0.1) is 18.0 Å². The summed E-state index contributed by atoms with van der Waals surface area (Å²) < 4.78 is 8.81. The van der Waals surface area contributed by atoms with Gasteiger partial charge >= 0.3 is 0 Å². The molecule has 0 aliphatic rings. The normalized spacial score (nSPS) is 10.6. The van der Waals surface area contributed by atoms with Crippen molar-refractivity contribution in [1.82, 2.24) is 9.36 Å². The van der Waals surface area contributed by atoms with E-state index in [2.05, 4.69) is 10.6 Å². The molecule has 2 amide bonds. The van der Waals surface area contributed by atoms with Gasteiger partial charge in [0.1, 0.15) is 11.4 Å². The van der Waals surface area contributed by atoms with E-state index >= 15 is 0 Å². The molecule has 0 saturated carbocycles. The van der Waals surface area contributed by atoms with Crippen molar-refractivity contribution in [3.8, 4) is 11.4 Å². The Kier molecular flexibility index (Phi) is 7.65. The van der Waals surface area contributed by atoms with E-state index in [0.717, 1.165) is 5.75 Å². The molecule has 0 spiro atoms. The Bertz CT molecular complexity index is 1410. The van der Waals surface area contributed by atoms with Crippen LogP contribution in [0.4, 0.5) is 11.4 Å². The standard InChI is InChI=1S/C28H28N4O4/c1-20-26(28(35)32(31(20)2)23-13-5-3-6-14-23)30-27(34)21-11-9-12-22(19-21)29-25(33)17-10-18-36-24-15-7-4-8-16-24/h3-9,11-16,19H,10,17-18H2,1-2H3,(H,29,33)(H,30,34). The van der Waals surface area contributed by atoms with Crippen molar-refractivity contribution in [3.63, 3.8) is 0 Å². The maximum absolute atomic E-state index is 13.1. The second-order valence-corrected chi connectivity index (χ2v) is 8.28. The van der Waals surface area contributed by atoms with E-state index in [1.165, 1.54) is 4.68 Å². The number of nitrogens with zero attached hydrogens (tertiary/aromatic N) is 2. The molecule has 2 N–H and O–H groups in total. The first-order valence-corrected chi connectivity index (χ1v) is 11.7. The molecule has 0 fully saturated rings. The van der Waals surface area contributed by atoms with Gasteiger partial charge in [-0.05, 0) is 55.8 Å². The Morgan fingerprint density at radius 1 is 0.889 bits per heavy atom. The summed E-state index contributed by atoms with van der Waals surface area (Å²) in [5, 5.41) is 5.55. The fourth-order valence-electron chi connectivity index (χ4n) is 3.80. The van der Waals surface area contributed by atoms with Gasteiger partial charge in [0.2, 0.25) is 5.91 Å². The molecule has 0 radical (unpaired) electrons. The van der Waals surface area contributed by atoms with Crippen molar-refractivity contribution in [2.24, 2.45) is 7.05 Å². The van der Waals surface area contributed by atoms with Crippen LogP contribution in [0.3, 0.4) is 0 Å². The molecule has 0 aliphatic heterocycles. The number of carbonyl (C=O) groups excluding carboxylic acids is 2.